The Morgan fingerprint density at radius 3 is 2.81 bits per heavy atom. The summed E-state index contributed by atoms with van der Waals surface area (Å²) in [5.41, 5.74) is 1.44. The molecule has 2 unspecified atom stereocenters. The monoisotopic (exact) mass is 467 g/mol. The van der Waals surface area contributed by atoms with Crippen molar-refractivity contribution in [3.05, 3.63) is 54.4 Å². The van der Waals surface area contributed by atoms with Gasteiger partial charge >= 0.3 is 0 Å². The zero-order chi connectivity index (χ0) is 17.5. The number of halogens is 1. The summed E-state index contributed by atoms with van der Waals surface area (Å²) in [4.78, 5) is 6.89. The van der Waals surface area contributed by atoms with E-state index in [1.54, 1.807) is 0 Å². The summed E-state index contributed by atoms with van der Waals surface area (Å²) in [5.74, 6) is 2.24. The highest BCUT2D eigenvalue weighted by molar-refractivity contribution is 14.0. The quantitative estimate of drug-likeness (QED) is 0.403. The van der Waals surface area contributed by atoms with Crippen molar-refractivity contribution in [1.29, 1.82) is 0 Å². The summed E-state index contributed by atoms with van der Waals surface area (Å²) in [7, 11) is 1.88. The largest absolute Gasteiger partial charge is 0.356 e. The Labute approximate surface area is 173 Å². The van der Waals surface area contributed by atoms with Crippen molar-refractivity contribution in [2.45, 2.75) is 26.3 Å². The maximum atomic E-state index is 4.49. The molecule has 1 aromatic carbocycles. The number of hydrogen-bond acceptors (Lipinski definition) is 2. The van der Waals surface area contributed by atoms with Gasteiger partial charge in [0.1, 0.15) is 0 Å². The van der Waals surface area contributed by atoms with E-state index in [4.69, 9.17) is 0 Å². The minimum atomic E-state index is 0. The Morgan fingerprint density at radius 1 is 1.31 bits per heavy atom. The standard InChI is InChI=1S/C20H29N5.HI/c1-17(15-25-11-6-10-23-25)14-22-20(21-2)24-12-9-19(16-24)13-18-7-4-3-5-8-18;/h3-8,10-11,17,19H,9,12-16H2,1-2H3,(H,21,22);1H. The number of likely N-dealkylation sites (tertiary alicyclic amines) is 1. The second-order valence-electron chi connectivity index (χ2n) is 7.05. The Balaban J connectivity index is 0.00000243. The third-order valence-corrected chi connectivity index (χ3v) is 4.83. The lowest BCUT2D eigenvalue weighted by Crippen LogP contribution is -2.42. The molecule has 6 heteroatoms. The van der Waals surface area contributed by atoms with E-state index >= 15 is 0 Å². The zero-order valence-corrected chi connectivity index (χ0v) is 18.0. The molecular formula is C20H30IN5. The maximum Gasteiger partial charge on any atom is 0.193 e. The number of aromatic nitrogens is 2. The third kappa shape index (κ3) is 6.00. The van der Waals surface area contributed by atoms with E-state index < -0.39 is 0 Å². The van der Waals surface area contributed by atoms with Crippen LogP contribution in [-0.2, 0) is 13.0 Å². The van der Waals surface area contributed by atoms with Gasteiger partial charge < -0.3 is 10.2 Å². The fraction of sp³-hybridized carbons (Fsp3) is 0.500. The predicted octanol–water partition coefficient (Wildman–Crippen LogP) is 3.28. The smallest absolute Gasteiger partial charge is 0.193 e. The average Bonchev–Trinajstić information content (AvgIpc) is 3.29. The molecule has 1 aliphatic heterocycles. The highest BCUT2D eigenvalue weighted by Crippen LogP contribution is 2.20. The van der Waals surface area contributed by atoms with Gasteiger partial charge in [-0.25, -0.2) is 0 Å². The normalized spacial score (nSPS) is 18.5. The van der Waals surface area contributed by atoms with Crippen LogP contribution in [0.25, 0.3) is 0 Å². The summed E-state index contributed by atoms with van der Waals surface area (Å²) in [6.45, 7) is 6.25. The number of nitrogens with zero attached hydrogens (tertiary/aromatic N) is 4. The molecule has 1 aliphatic rings. The molecule has 0 radical (unpaired) electrons. The second-order valence-corrected chi connectivity index (χ2v) is 7.05. The molecule has 5 nitrogen and oxygen atoms in total. The Bertz CT molecular complexity index is 656. The van der Waals surface area contributed by atoms with Crippen LogP contribution in [0, 0.1) is 11.8 Å². The molecule has 0 bridgehead atoms. The Hall–Kier alpha value is -1.57. The lowest BCUT2D eigenvalue weighted by Gasteiger charge is -2.23. The molecule has 2 aromatic rings. The van der Waals surface area contributed by atoms with Crippen molar-refractivity contribution in [2.24, 2.45) is 16.8 Å². The van der Waals surface area contributed by atoms with Crippen molar-refractivity contribution in [3.8, 4) is 0 Å². The van der Waals surface area contributed by atoms with Gasteiger partial charge in [0.2, 0.25) is 0 Å². The minimum absolute atomic E-state index is 0. The van der Waals surface area contributed by atoms with Crippen molar-refractivity contribution >= 4 is 29.9 Å². The molecule has 1 fully saturated rings. The van der Waals surface area contributed by atoms with Gasteiger partial charge in [-0.2, -0.15) is 5.10 Å². The minimum Gasteiger partial charge on any atom is -0.356 e. The summed E-state index contributed by atoms with van der Waals surface area (Å²) < 4.78 is 1.99. The molecule has 1 N–H and O–H groups in total. The van der Waals surface area contributed by atoms with Crippen molar-refractivity contribution in [2.75, 3.05) is 26.7 Å². The van der Waals surface area contributed by atoms with E-state index in [-0.39, 0.29) is 24.0 Å². The Morgan fingerprint density at radius 2 is 2.12 bits per heavy atom. The molecule has 2 atom stereocenters. The second kappa shape index (κ2) is 10.5. The number of benzene rings is 1. The van der Waals surface area contributed by atoms with Crippen LogP contribution in [0.5, 0.6) is 0 Å². The van der Waals surface area contributed by atoms with Gasteiger partial charge in [0, 0.05) is 45.6 Å². The van der Waals surface area contributed by atoms with E-state index in [0.29, 0.717) is 11.8 Å². The SMILES string of the molecule is CN=C(NCC(C)Cn1cccn1)N1CCC(Cc2ccccc2)C1.I. The summed E-state index contributed by atoms with van der Waals surface area (Å²) in [6, 6.07) is 12.8. The van der Waals surface area contributed by atoms with Crippen LogP contribution in [0.1, 0.15) is 18.9 Å². The molecule has 0 amide bonds. The maximum absolute atomic E-state index is 4.49. The van der Waals surface area contributed by atoms with Gasteiger partial charge in [-0.05, 0) is 36.3 Å². The molecule has 0 saturated carbocycles. The van der Waals surface area contributed by atoms with Gasteiger partial charge in [-0.15, -0.1) is 24.0 Å². The van der Waals surface area contributed by atoms with Crippen LogP contribution in [-0.4, -0.2) is 47.3 Å². The third-order valence-electron chi connectivity index (χ3n) is 4.83. The van der Waals surface area contributed by atoms with Crippen molar-refractivity contribution in [3.63, 3.8) is 0 Å². The molecule has 142 valence electrons. The number of rotatable bonds is 6. The predicted molar refractivity (Wildman–Crippen MR) is 118 cm³/mol. The molecular weight excluding hydrogens is 437 g/mol. The lowest BCUT2D eigenvalue weighted by molar-refractivity contribution is 0.420. The molecule has 1 saturated heterocycles. The number of guanidine groups is 1. The topological polar surface area (TPSA) is 45.5 Å². The van der Waals surface area contributed by atoms with Crippen molar-refractivity contribution in [1.82, 2.24) is 20.0 Å². The number of hydrogen-bond donors (Lipinski definition) is 1. The van der Waals surface area contributed by atoms with Crippen LogP contribution >= 0.6 is 24.0 Å². The number of aliphatic imine (C=N–C) groups is 1. The van der Waals surface area contributed by atoms with E-state index in [1.165, 1.54) is 12.0 Å². The van der Waals surface area contributed by atoms with Crippen LogP contribution in [0.4, 0.5) is 0 Å². The van der Waals surface area contributed by atoms with Crippen LogP contribution in [0.3, 0.4) is 0 Å². The fourth-order valence-corrected chi connectivity index (χ4v) is 3.53. The lowest BCUT2D eigenvalue weighted by atomic mass is 9.99. The molecule has 3 rings (SSSR count). The molecule has 1 aromatic heterocycles. The van der Waals surface area contributed by atoms with Crippen molar-refractivity contribution < 1.29 is 0 Å². The van der Waals surface area contributed by atoms with Crippen LogP contribution < -0.4 is 5.32 Å². The first-order valence-electron chi connectivity index (χ1n) is 9.21. The Kier molecular flexibility index (Phi) is 8.41. The van der Waals surface area contributed by atoms with Crippen LogP contribution in [0.15, 0.2) is 53.8 Å². The fourth-order valence-electron chi connectivity index (χ4n) is 3.53. The zero-order valence-electron chi connectivity index (χ0n) is 15.7. The van der Waals surface area contributed by atoms with Gasteiger partial charge in [-0.3, -0.25) is 9.67 Å². The van der Waals surface area contributed by atoms with E-state index in [0.717, 1.165) is 38.6 Å². The molecule has 0 aliphatic carbocycles. The summed E-state index contributed by atoms with van der Waals surface area (Å²) >= 11 is 0. The van der Waals surface area contributed by atoms with Gasteiger partial charge in [0.15, 0.2) is 5.96 Å². The highest BCUT2D eigenvalue weighted by atomic mass is 127. The van der Waals surface area contributed by atoms with E-state index in [1.807, 2.05) is 30.2 Å². The van der Waals surface area contributed by atoms with E-state index in [2.05, 4.69) is 57.6 Å². The van der Waals surface area contributed by atoms with E-state index in [9.17, 15) is 0 Å². The van der Waals surface area contributed by atoms with Gasteiger partial charge in [0.25, 0.3) is 0 Å². The molecule has 26 heavy (non-hydrogen) atoms. The summed E-state index contributed by atoms with van der Waals surface area (Å²) in [5, 5.41) is 7.82. The average molecular weight is 467 g/mol. The highest BCUT2D eigenvalue weighted by Gasteiger charge is 2.25. The first-order chi connectivity index (χ1) is 12.2. The van der Waals surface area contributed by atoms with Gasteiger partial charge in [0.05, 0.1) is 0 Å². The first kappa shape index (κ1) is 20.7. The first-order valence-corrected chi connectivity index (χ1v) is 9.21. The summed E-state index contributed by atoms with van der Waals surface area (Å²) in [6.07, 6.45) is 6.23. The van der Waals surface area contributed by atoms with Gasteiger partial charge in [-0.1, -0.05) is 37.3 Å². The molecule has 0 spiro atoms. The molecule has 2 heterocycles. The van der Waals surface area contributed by atoms with Crippen LogP contribution in [0.2, 0.25) is 0 Å². The number of nitrogens with one attached hydrogen (secondary N) is 1.